The summed E-state index contributed by atoms with van der Waals surface area (Å²) in [6.45, 7) is 2.92. The molecule has 3 heteroatoms. The van der Waals surface area contributed by atoms with Gasteiger partial charge in [0.1, 0.15) is 5.75 Å². The molecule has 1 heterocycles. The minimum atomic E-state index is 0.477. The molecule has 1 saturated heterocycles. The van der Waals surface area contributed by atoms with Crippen molar-refractivity contribution in [3.63, 3.8) is 0 Å². The van der Waals surface area contributed by atoms with Crippen molar-refractivity contribution in [2.45, 2.75) is 12.3 Å². The lowest BCUT2D eigenvalue weighted by Crippen LogP contribution is -2.39. The van der Waals surface area contributed by atoms with Gasteiger partial charge in [0.2, 0.25) is 0 Å². The second-order valence-electron chi connectivity index (χ2n) is 7.23. The smallest absolute Gasteiger partial charge is 0.127 e. The summed E-state index contributed by atoms with van der Waals surface area (Å²) in [5.41, 5.74) is 1.43. The fraction of sp³-hybridized carbons (Fsp3) is 0.304. The monoisotopic (exact) mass is 365 g/mol. The van der Waals surface area contributed by atoms with Crippen LogP contribution in [-0.2, 0) is 0 Å². The summed E-state index contributed by atoms with van der Waals surface area (Å²) in [6, 6.07) is 23.0. The van der Waals surface area contributed by atoms with Crippen molar-refractivity contribution in [1.82, 2.24) is 4.90 Å². The Morgan fingerprint density at radius 3 is 2.50 bits per heavy atom. The van der Waals surface area contributed by atoms with Crippen molar-refractivity contribution in [3.8, 4) is 5.75 Å². The Kier molecular flexibility index (Phi) is 5.14. The van der Waals surface area contributed by atoms with E-state index in [-0.39, 0.29) is 0 Å². The van der Waals surface area contributed by atoms with E-state index in [1.54, 1.807) is 0 Å². The number of fused-ring (bicyclic) bond motifs is 1. The molecule has 3 aromatic carbocycles. The number of benzene rings is 3. The maximum atomic E-state index is 6.34. The lowest BCUT2D eigenvalue weighted by Gasteiger charge is -2.37. The number of hydrogen-bond acceptors (Lipinski definition) is 2. The standard InChI is InChI=1S/C23H24ClNO/c1-25-14-13-19(17-7-3-2-4-8-17)18(15-25)16-26-23-12-11-22(24)20-9-5-6-10-21(20)23/h2-12,18-19H,13-16H2,1H3/t18-,19-/m0/s1. The van der Waals surface area contributed by atoms with Crippen LogP contribution in [0.1, 0.15) is 17.9 Å². The zero-order valence-electron chi connectivity index (χ0n) is 15.1. The first kappa shape index (κ1) is 17.4. The third-order valence-electron chi connectivity index (χ3n) is 5.45. The number of piperidine rings is 1. The van der Waals surface area contributed by atoms with Gasteiger partial charge in [-0.1, -0.05) is 66.2 Å². The van der Waals surface area contributed by atoms with Crippen LogP contribution in [0.3, 0.4) is 0 Å². The van der Waals surface area contributed by atoms with Gasteiger partial charge in [-0.05, 0) is 43.6 Å². The van der Waals surface area contributed by atoms with Crippen molar-refractivity contribution < 1.29 is 4.74 Å². The van der Waals surface area contributed by atoms with Crippen LogP contribution in [0.25, 0.3) is 10.8 Å². The average Bonchev–Trinajstić information content (AvgIpc) is 2.68. The van der Waals surface area contributed by atoms with Crippen LogP contribution in [0.2, 0.25) is 5.02 Å². The molecule has 0 radical (unpaired) electrons. The fourth-order valence-corrected chi connectivity index (χ4v) is 4.31. The molecule has 0 N–H and O–H groups in total. The number of likely N-dealkylation sites (tertiary alicyclic amines) is 1. The molecule has 2 nitrogen and oxygen atoms in total. The molecule has 0 spiro atoms. The van der Waals surface area contributed by atoms with E-state index >= 15 is 0 Å². The molecule has 1 aliphatic rings. The van der Waals surface area contributed by atoms with Crippen molar-refractivity contribution in [1.29, 1.82) is 0 Å². The van der Waals surface area contributed by atoms with Gasteiger partial charge in [0, 0.05) is 28.3 Å². The summed E-state index contributed by atoms with van der Waals surface area (Å²) in [6.07, 6.45) is 1.18. The van der Waals surface area contributed by atoms with Gasteiger partial charge in [-0.2, -0.15) is 0 Å². The molecule has 0 unspecified atom stereocenters. The molecular formula is C23H24ClNO. The summed E-state index contributed by atoms with van der Waals surface area (Å²) < 4.78 is 6.33. The van der Waals surface area contributed by atoms with Gasteiger partial charge >= 0.3 is 0 Å². The maximum Gasteiger partial charge on any atom is 0.127 e. The van der Waals surface area contributed by atoms with E-state index in [2.05, 4.69) is 48.3 Å². The number of halogens is 1. The Morgan fingerprint density at radius 2 is 1.69 bits per heavy atom. The first-order valence-corrected chi connectivity index (χ1v) is 9.63. The van der Waals surface area contributed by atoms with Gasteiger partial charge in [0.25, 0.3) is 0 Å². The van der Waals surface area contributed by atoms with Crippen LogP contribution in [0.5, 0.6) is 5.75 Å². The molecule has 134 valence electrons. The Morgan fingerprint density at radius 1 is 0.962 bits per heavy atom. The van der Waals surface area contributed by atoms with Gasteiger partial charge in [0.15, 0.2) is 0 Å². The summed E-state index contributed by atoms with van der Waals surface area (Å²) in [5, 5.41) is 2.90. The van der Waals surface area contributed by atoms with Crippen LogP contribution in [0.4, 0.5) is 0 Å². The van der Waals surface area contributed by atoms with E-state index < -0.39 is 0 Å². The second kappa shape index (κ2) is 7.69. The zero-order valence-corrected chi connectivity index (χ0v) is 15.8. The average molecular weight is 366 g/mol. The molecule has 2 atom stereocenters. The highest BCUT2D eigenvalue weighted by Crippen LogP contribution is 2.35. The van der Waals surface area contributed by atoms with Gasteiger partial charge in [-0.25, -0.2) is 0 Å². The minimum absolute atomic E-state index is 0.477. The van der Waals surface area contributed by atoms with Crippen LogP contribution in [-0.4, -0.2) is 31.6 Å². The Balaban J connectivity index is 1.56. The SMILES string of the molecule is CN1CC[C@@H](c2ccccc2)[C@H](COc2ccc(Cl)c3ccccc23)C1. The van der Waals surface area contributed by atoms with Crippen molar-refractivity contribution >= 4 is 22.4 Å². The van der Waals surface area contributed by atoms with Gasteiger partial charge in [-0.3, -0.25) is 0 Å². The number of rotatable bonds is 4. The topological polar surface area (TPSA) is 12.5 Å². The summed E-state index contributed by atoms with van der Waals surface area (Å²) in [4.78, 5) is 2.41. The summed E-state index contributed by atoms with van der Waals surface area (Å²) in [5.74, 6) is 1.95. The van der Waals surface area contributed by atoms with Crippen molar-refractivity contribution in [3.05, 3.63) is 77.3 Å². The quantitative estimate of drug-likeness (QED) is 0.596. The Labute approximate surface area is 160 Å². The van der Waals surface area contributed by atoms with E-state index in [0.29, 0.717) is 11.8 Å². The Bertz CT molecular complexity index is 880. The highest BCUT2D eigenvalue weighted by atomic mass is 35.5. The highest BCUT2D eigenvalue weighted by Gasteiger charge is 2.29. The first-order chi connectivity index (χ1) is 12.7. The number of hydrogen-bond donors (Lipinski definition) is 0. The van der Waals surface area contributed by atoms with Crippen LogP contribution in [0, 0.1) is 5.92 Å². The lowest BCUT2D eigenvalue weighted by atomic mass is 9.81. The van der Waals surface area contributed by atoms with E-state index in [0.717, 1.165) is 41.2 Å². The molecule has 0 bridgehead atoms. The molecule has 4 rings (SSSR count). The number of ether oxygens (including phenoxy) is 1. The highest BCUT2D eigenvalue weighted by molar-refractivity contribution is 6.35. The van der Waals surface area contributed by atoms with Crippen LogP contribution >= 0.6 is 11.6 Å². The van der Waals surface area contributed by atoms with Crippen molar-refractivity contribution in [2.75, 3.05) is 26.7 Å². The van der Waals surface area contributed by atoms with Crippen LogP contribution in [0.15, 0.2) is 66.7 Å². The van der Waals surface area contributed by atoms with Gasteiger partial charge in [0.05, 0.1) is 6.61 Å². The van der Waals surface area contributed by atoms with E-state index in [1.165, 1.54) is 12.0 Å². The van der Waals surface area contributed by atoms with Gasteiger partial charge < -0.3 is 9.64 Å². The molecule has 1 fully saturated rings. The molecule has 0 amide bonds. The Hall–Kier alpha value is -2.03. The molecule has 0 aliphatic carbocycles. The third kappa shape index (κ3) is 3.58. The predicted octanol–water partition coefficient (Wildman–Crippen LogP) is 5.61. The summed E-state index contributed by atoms with van der Waals surface area (Å²) in [7, 11) is 2.20. The largest absolute Gasteiger partial charge is 0.493 e. The summed E-state index contributed by atoms with van der Waals surface area (Å²) >= 11 is 6.34. The molecule has 0 saturated carbocycles. The second-order valence-corrected chi connectivity index (χ2v) is 7.64. The zero-order chi connectivity index (χ0) is 17.9. The number of nitrogens with zero attached hydrogens (tertiary/aromatic N) is 1. The minimum Gasteiger partial charge on any atom is -0.493 e. The normalized spacial score (nSPS) is 21.0. The molecule has 3 aromatic rings. The van der Waals surface area contributed by atoms with E-state index in [9.17, 15) is 0 Å². The first-order valence-electron chi connectivity index (χ1n) is 9.26. The van der Waals surface area contributed by atoms with Crippen molar-refractivity contribution in [2.24, 2.45) is 5.92 Å². The van der Waals surface area contributed by atoms with Crippen LogP contribution < -0.4 is 4.74 Å². The van der Waals surface area contributed by atoms with Gasteiger partial charge in [-0.15, -0.1) is 0 Å². The fourth-order valence-electron chi connectivity index (χ4n) is 4.08. The molecule has 0 aromatic heterocycles. The lowest BCUT2D eigenvalue weighted by molar-refractivity contribution is 0.130. The maximum absolute atomic E-state index is 6.34. The molecular weight excluding hydrogens is 342 g/mol. The third-order valence-corrected chi connectivity index (χ3v) is 5.78. The van der Waals surface area contributed by atoms with E-state index in [4.69, 9.17) is 16.3 Å². The molecule has 1 aliphatic heterocycles. The molecule has 26 heavy (non-hydrogen) atoms. The predicted molar refractivity (Wildman–Crippen MR) is 109 cm³/mol. The van der Waals surface area contributed by atoms with E-state index in [1.807, 2.05) is 30.3 Å².